The van der Waals surface area contributed by atoms with E-state index in [1.807, 2.05) is 0 Å². The van der Waals surface area contributed by atoms with Crippen molar-refractivity contribution in [1.82, 2.24) is 15.1 Å². The van der Waals surface area contributed by atoms with Gasteiger partial charge in [-0.15, -0.1) is 11.5 Å². The number of benzene rings is 1. The summed E-state index contributed by atoms with van der Waals surface area (Å²) in [6.45, 7) is 19.1. The number of nitrogens with one attached hydrogen (secondary N) is 1. The topological polar surface area (TPSA) is 35.6 Å². The summed E-state index contributed by atoms with van der Waals surface area (Å²) in [5.41, 5.74) is 11.1. The number of rotatable bonds is 5. The second kappa shape index (κ2) is 8.98. The highest BCUT2D eigenvalue weighted by Gasteiger charge is 2.48. The summed E-state index contributed by atoms with van der Waals surface area (Å²) in [4.78, 5) is 18.0. The van der Waals surface area contributed by atoms with E-state index in [1.165, 1.54) is 6.07 Å². The van der Waals surface area contributed by atoms with Crippen LogP contribution in [-0.4, -0.2) is 34.8 Å². The van der Waals surface area contributed by atoms with Gasteiger partial charge in [0.05, 0.1) is 17.3 Å². The number of aryl methyl sites for hydroxylation is 1. The van der Waals surface area contributed by atoms with Gasteiger partial charge in [-0.25, -0.2) is 8.78 Å². The molecule has 1 amide bonds. The number of hydrogen-bond donors (Lipinski definition) is 1. The monoisotopic (exact) mass is 461 g/mol. The van der Waals surface area contributed by atoms with Crippen molar-refractivity contribution in [2.45, 2.75) is 39.8 Å². The third kappa shape index (κ3) is 3.56. The Bertz CT molecular complexity index is 1260. The summed E-state index contributed by atoms with van der Waals surface area (Å²) in [5.74, 6) is -1.54. The maximum absolute atomic E-state index is 14.3. The minimum Gasteiger partial charge on any atom is -0.362 e. The van der Waals surface area contributed by atoms with E-state index < -0.39 is 11.6 Å². The van der Waals surface area contributed by atoms with Crippen LogP contribution >= 0.6 is 0 Å². The Morgan fingerprint density at radius 1 is 1.26 bits per heavy atom. The number of halogens is 2. The van der Waals surface area contributed by atoms with Gasteiger partial charge in [0.15, 0.2) is 0 Å². The largest absolute Gasteiger partial charge is 0.362 e. The molecule has 2 atom stereocenters. The summed E-state index contributed by atoms with van der Waals surface area (Å²) in [6.07, 6.45) is 2.60. The van der Waals surface area contributed by atoms with Crippen molar-refractivity contribution in [3.63, 3.8) is 0 Å². The SMILES string of the molecule is C=C=C1C(C=C)=C2C(=C=C)N(CC)C[C@H]3C[C@H](C)C(=C1C(=O)NCc1cc(C)c(F)cc1F)N23. The van der Waals surface area contributed by atoms with E-state index in [0.29, 0.717) is 16.7 Å². The van der Waals surface area contributed by atoms with E-state index in [1.54, 1.807) is 13.0 Å². The highest BCUT2D eigenvalue weighted by atomic mass is 19.1. The van der Waals surface area contributed by atoms with Crippen LogP contribution in [0.4, 0.5) is 8.78 Å². The molecular weight excluding hydrogens is 432 g/mol. The third-order valence-electron chi connectivity index (χ3n) is 6.88. The molecular formula is C28H29F2N3O. The van der Waals surface area contributed by atoms with Crippen LogP contribution in [0.1, 0.15) is 31.4 Å². The second-order valence-corrected chi connectivity index (χ2v) is 8.88. The number of allylic oxidation sites excluding steroid dienone is 3. The summed E-state index contributed by atoms with van der Waals surface area (Å²) in [6, 6.07) is 2.46. The summed E-state index contributed by atoms with van der Waals surface area (Å²) in [5, 5.41) is 2.83. The maximum Gasteiger partial charge on any atom is 0.254 e. The number of carbonyl (C=O) groups is 1. The molecule has 6 heteroatoms. The number of carbonyl (C=O) groups excluding carboxylic acids is 1. The van der Waals surface area contributed by atoms with Gasteiger partial charge in [0.25, 0.3) is 5.91 Å². The van der Waals surface area contributed by atoms with Crippen molar-refractivity contribution in [2.24, 2.45) is 5.92 Å². The zero-order valence-corrected chi connectivity index (χ0v) is 19.9. The molecule has 3 aliphatic heterocycles. The van der Waals surface area contributed by atoms with Crippen LogP contribution in [0.2, 0.25) is 0 Å². The van der Waals surface area contributed by atoms with Crippen LogP contribution in [-0.2, 0) is 11.3 Å². The van der Waals surface area contributed by atoms with E-state index in [-0.39, 0.29) is 30.0 Å². The highest BCUT2D eigenvalue weighted by Crippen LogP contribution is 2.50. The van der Waals surface area contributed by atoms with Gasteiger partial charge in [0, 0.05) is 48.1 Å². The van der Waals surface area contributed by atoms with Gasteiger partial charge in [-0.3, -0.25) is 4.79 Å². The lowest BCUT2D eigenvalue weighted by Gasteiger charge is -2.46. The Hall–Kier alpha value is -3.59. The first-order valence-corrected chi connectivity index (χ1v) is 11.5. The zero-order valence-electron chi connectivity index (χ0n) is 19.9. The van der Waals surface area contributed by atoms with E-state index in [0.717, 1.165) is 48.2 Å². The fourth-order valence-corrected chi connectivity index (χ4v) is 5.34. The fraction of sp³-hybridized carbons (Fsp3) is 0.321. The van der Waals surface area contributed by atoms with Gasteiger partial charge >= 0.3 is 0 Å². The van der Waals surface area contributed by atoms with Crippen molar-refractivity contribution in [3.8, 4) is 0 Å². The number of likely N-dealkylation sites (N-methyl/N-ethyl adjacent to an activating group) is 1. The summed E-state index contributed by atoms with van der Waals surface area (Å²) < 4.78 is 27.9. The smallest absolute Gasteiger partial charge is 0.254 e. The summed E-state index contributed by atoms with van der Waals surface area (Å²) >= 11 is 0. The van der Waals surface area contributed by atoms with E-state index in [4.69, 9.17) is 0 Å². The van der Waals surface area contributed by atoms with Crippen molar-refractivity contribution < 1.29 is 13.6 Å². The van der Waals surface area contributed by atoms with Crippen molar-refractivity contribution in [1.29, 1.82) is 0 Å². The molecule has 0 saturated carbocycles. The van der Waals surface area contributed by atoms with Crippen molar-refractivity contribution >= 4 is 5.91 Å². The van der Waals surface area contributed by atoms with Crippen molar-refractivity contribution in [2.75, 3.05) is 13.1 Å². The average molecular weight is 462 g/mol. The quantitative estimate of drug-likeness (QED) is 0.626. The van der Waals surface area contributed by atoms with Gasteiger partial charge in [-0.2, -0.15) is 0 Å². The minimum atomic E-state index is -0.691. The standard InChI is InChI=1S/C28H29F2N3O/c1-7-20-21(8-2)27-24(9-3)32(10-4)15-19-12-17(6)26(33(19)27)25(20)28(34)31-14-18-11-16(5)22(29)13-23(18)30/h8,11,13,17,19H,1-3,10,12,14-15H2,4-6H3,(H,31,34)/t17-,19+/m0/s1. The minimum absolute atomic E-state index is 0.0633. The average Bonchev–Trinajstić information content (AvgIpc) is 3.15. The van der Waals surface area contributed by atoms with Gasteiger partial charge in [-0.1, -0.05) is 32.7 Å². The molecule has 4 nitrogen and oxygen atoms in total. The molecule has 0 aromatic heterocycles. The first-order chi connectivity index (χ1) is 16.3. The fourth-order valence-electron chi connectivity index (χ4n) is 5.34. The lowest BCUT2D eigenvalue weighted by molar-refractivity contribution is -0.117. The Kier molecular flexibility index (Phi) is 6.22. The van der Waals surface area contributed by atoms with E-state index >= 15 is 0 Å². The number of piperazine rings is 1. The Labute approximate surface area is 199 Å². The van der Waals surface area contributed by atoms with Gasteiger partial charge in [0.1, 0.15) is 17.3 Å². The molecule has 0 aliphatic carbocycles. The lowest BCUT2D eigenvalue weighted by atomic mass is 9.86. The molecule has 2 fully saturated rings. The highest BCUT2D eigenvalue weighted by molar-refractivity contribution is 6.01. The van der Waals surface area contributed by atoms with Crippen LogP contribution < -0.4 is 5.32 Å². The van der Waals surface area contributed by atoms with Crippen molar-refractivity contribution in [3.05, 3.63) is 106 Å². The molecule has 1 aromatic rings. The molecule has 176 valence electrons. The first kappa shape index (κ1) is 23.6. The molecule has 4 rings (SSSR count). The Morgan fingerprint density at radius 2 is 2.00 bits per heavy atom. The predicted octanol–water partition coefficient (Wildman–Crippen LogP) is 5.02. The van der Waals surface area contributed by atoms with Crippen LogP contribution in [0.5, 0.6) is 0 Å². The predicted molar refractivity (Wildman–Crippen MR) is 129 cm³/mol. The normalized spacial score (nSPS) is 21.4. The zero-order chi connectivity index (χ0) is 24.7. The van der Waals surface area contributed by atoms with Crippen LogP contribution in [0.15, 0.2) is 83.2 Å². The number of amides is 1. The van der Waals surface area contributed by atoms with Gasteiger partial charge < -0.3 is 15.1 Å². The Balaban J connectivity index is 1.79. The summed E-state index contributed by atoms with van der Waals surface area (Å²) in [7, 11) is 0. The third-order valence-corrected chi connectivity index (χ3v) is 6.88. The molecule has 1 aromatic carbocycles. The molecule has 3 heterocycles. The van der Waals surface area contributed by atoms with Crippen LogP contribution in [0, 0.1) is 24.5 Å². The molecule has 1 N–H and O–H groups in total. The number of hydrogen-bond acceptors (Lipinski definition) is 3. The first-order valence-electron chi connectivity index (χ1n) is 11.5. The Morgan fingerprint density at radius 3 is 2.62 bits per heavy atom. The van der Waals surface area contributed by atoms with E-state index in [2.05, 4.69) is 60.2 Å². The molecule has 0 unspecified atom stereocenters. The molecule has 0 radical (unpaired) electrons. The van der Waals surface area contributed by atoms with E-state index in [9.17, 15) is 13.6 Å². The molecule has 0 spiro atoms. The van der Waals surface area contributed by atoms with Crippen LogP contribution in [0.3, 0.4) is 0 Å². The molecule has 2 saturated heterocycles. The number of nitrogens with zero attached hydrogens (tertiary/aromatic N) is 2. The van der Waals surface area contributed by atoms with Gasteiger partial charge in [0.2, 0.25) is 0 Å². The van der Waals surface area contributed by atoms with Gasteiger partial charge in [-0.05, 0) is 37.8 Å². The van der Waals surface area contributed by atoms with Crippen LogP contribution in [0.25, 0.3) is 0 Å². The lowest BCUT2D eigenvalue weighted by Crippen LogP contribution is -2.48. The molecule has 0 bridgehead atoms. The molecule has 34 heavy (non-hydrogen) atoms. The second-order valence-electron chi connectivity index (χ2n) is 8.88. The maximum atomic E-state index is 14.3. The molecule has 3 aliphatic rings.